The summed E-state index contributed by atoms with van der Waals surface area (Å²) in [5.74, 6) is 0.923. The molecule has 23 heavy (non-hydrogen) atoms. The van der Waals surface area contributed by atoms with E-state index in [0.29, 0.717) is 36.8 Å². The predicted octanol–water partition coefficient (Wildman–Crippen LogP) is 2.60. The maximum Gasteiger partial charge on any atom is 0.244 e. The third kappa shape index (κ3) is 6.64. The molecule has 6 nitrogen and oxygen atoms in total. The van der Waals surface area contributed by atoms with Crippen molar-refractivity contribution in [3.8, 4) is 11.5 Å². The van der Waals surface area contributed by atoms with Gasteiger partial charge in [0.15, 0.2) is 11.5 Å². The maximum atomic E-state index is 12.2. The van der Waals surface area contributed by atoms with E-state index in [1.54, 1.807) is 39.3 Å². The molecule has 0 aliphatic rings. The fourth-order valence-electron chi connectivity index (χ4n) is 2.01. The van der Waals surface area contributed by atoms with Gasteiger partial charge in [-0.15, -0.1) is 12.4 Å². The normalized spacial score (nSPS) is 12.7. The number of rotatable bonds is 9. The zero-order chi connectivity index (χ0) is 16.6. The van der Waals surface area contributed by atoms with Crippen molar-refractivity contribution in [1.29, 1.82) is 0 Å². The lowest BCUT2D eigenvalue weighted by Crippen LogP contribution is -2.48. The van der Waals surface area contributed by atoms with Crippen LogP contribution in [0.2, 0.25) is 0 Å². The molecule has 0 saturated heterocycles. The standard InChI is InChI=1S/C16H26N2O4.ClH/c1-5-8-16(2,17)15(19)18-12-6-7-13(21-4)14(11-12)22-10-9-20-3;/h6-7,11H,5,8-10,17H2,1-4H3,(H,18,19);1H. The van der Waals surface area contributed by atoms with Crippen molar-refractivity contribution in [2.45, 2.75) is 32.2 Å². The van der Waals surface area contributed by atoms with Gasteiger partial charge in [0.2, 0.25) is 5.91 Å². The molecule has 0 radical (unpaired) electrons. The molecule has 0 spiro atoms. The lowest BCUT2D eigenvalue weighted by atomic mass is 9.96. The van der Waals surface area contributed by atoms with Crippen LogP contribution in [0, 0.1) is 0 Å². The SMILES string of the molecule is CCCC(C)(N)C(=O)Nc1ccc(OC)c(OCCOC)c1.Cl. The first-order chi connectivity index (χ1) is 10.4. The average molecular weight is 347 g/mol. The summed E-state index contributed by atoms with van der Waals surface area (Å²) >= 11 is 0. The van der Waals surface area contributed by atoms with Gasteiger partial charge in [-0.3, -0.25) is 4.79 Å². The molecule has 1 amide bonds. The van der Waals surface area contributed by atoms with Crippen LogP contribution in [0.15, 0.2) is 18.2 Å². The first kappa shape index (κ1) is 21.5. The summed E-state index contributed by atoms with van der Waals surface area (Å²) in [7, 11) is 3.17. The van der Waals surface area contributed by atoms with Crippen molar-refractivity contribution in [3.63, 3.8) is 0 Å². The maximum absolute atomic E-state index is 12.2. The van der Waals surface area contributed by atoms with Crippen LogP contribution in [0.4, 0.5) is 5.69 Å². The highest BCUT2D eigenvalue weighted by atomic mass is 35.5. The molecule has 3 N–H and O–H groups in total. The Hall–Kier alpha value is -1.50. The van der Waals surface area contributed by atoms with Gasteiger partial charge in [-0.2, -0.15) is 0 Å². The van der Waals surface area contributed by atoms with Gasteiger partial charge >= 0.3 is 0 Å². The van der Waals surface area contributed by atoms with E-state index < -0.39 is 5.54 Å². The number of methoxy groups -OCH3 is 2. The van der Waals surface area contributed by atoms with Crippen molar-refractivity contribution in [3.05, 3.63) is 18.2 Å². The van der Waals surface area contributed by atoms with E-state index in [0.717, 1.165) is 6.42 Å². The minimum Gasteiger partial charge on any atom is -0.493 e. The Labute approximate surface area is 144 Å². The number of hydrogen-bond acceptors (Lipinski definition) is 5. The molecule has 0 heterocycles. The van der Waals surface area contributed by atoms with Crippen LogP contribution < -0.4 is 20.5 Å². The number of anilines is 1. The van der Waals surface area contributed by atoms with E-state index in [1.165, 1.54) is 0 Å². The lowest BCUT2D eigenvalue weighted by Gasteiger charge is -2.23. The molecule has 0 bridgehead atoms. The molecule has 1 aromatic rings. The van der Waals surface area contributed by atoms with Gasteiger partial charge in [0, 0.05) is 18.9 Å². The van der Waals surface area contributed by atoms with Crippen LogP contribution in [0.25, 0.3) is 0 Å². The Balaban J connectivity index is 0.00000484. The molecule has 132 valence electrons. The summed E-state index contributed by atoms with van der Waals surface area (Å²) in [5.41, 5.74) is 5.75. The van der Waals surface area contributed by atoms with Gasteiger partial charge in [0.05, 0.1) is 19.3 Å². The third-order valence-corrected chi connectivity index (χ3v) is 3.25. The van der Waals surface area contributed by atoms with Crippen LogP contribution in [0.3, 0.4) is 0 Å². The van der Waals surface area contributed by atoms with Gasteiger partial charge < -0.3 is 25.3 Å². The zero-order valence-corrected chi connectivity index (χ0v) is 15.0. The van der Waals surface area contributed by atoms with E-state index in [9.17, 15) is 4.79 Å². The number of halogens is 1. The summed E-state index contributed by atoms with van der Waals surface area (Å²) in [6, 6.07) is 5.21. The third-order valence-electron chi connectivity index (χ3n) is 3.25. The fraction of sp³-hybridized carbons (Fsp3) is 0.562. The van der Waals surface area contributed by atoms with Gasteiger partial charge in [0.1, 0.15) is 6.61 Å². The van der Waals surface area contributed by atoms with Crippen molar-refractivity contribution >= 4 is 24.0 Å². The molecule has 1 aromatic carbocycles. The zero-order valence-electron chi connectivity index (χ0n) is 14.2. The van der Waals surface area contributed by atoms with Gasteiger partial charge in [-0.25, -0.2) is 0 Å². The van der Waals surface area contributed by atoms with Crippen molar-refractivity contribution in [2.24, 2.45) is 5.73 Å². The number of ether oxygens (including phenoxy) is 3. The van der Waals surface area contributed by atoms with Crippen LogP contribution >= 0.6 is 12.4 Å². The average Bonchev–Trinajstić information content (AvgIpc) is 2.47. The molecule has 7 heteroatoms. The Morgan fingerprint density at radius 3 is 2.52 bits per heavy atom. The molecule has 0 saturated carbocycles. The second-order valence-corrected chi connectivity index (χ2v) is 5.33. The van der Waals surface area contributed by atoms with Crippen molar-refractivity contribution in [1.82, 2.24) is 0 Å². The number of carbonyl (C=O) groups is 1. The van der Waals surface area contributed by atoms with Crippen LogP contribution in [0.5, 0.6) is 11.5 Å². The van der Waals surface area contributed by atoms with E-state index >= 15 is 0 Å². The van der Waals surface area contributed by atoms with E-state index in [1.807, 2.05) is 6.92 Å². The number of carbonyl (C=O) groups excluding carboxylic acids is 1. The first-order valence-electron chi connectivity index (χ1n) is 7.34. The molecule has 0 aromatic heterocycles. The van der Waals surface area contributed by atoms with Gasteiger partial charge in [-0.05, 0) is 25.5 Å². The number of hydrogen-bond donors (Lipinski definition) is 2. The Morgan fingerprint density at radius 2 is 1.96 bits per heavy atom. The predicted molar refractivity (Wildman–Crippen MR) is 93.7 cm³/mol. The Morgan fingerprint density at radius 1 is 1.26 bits per heavy atom. The van der Waals surface area contributed by atoms with Crippen LogP contribution in [-0.4, -0.2) is 38.9 Å². The van der Waals surface area contributed by atoms with Crippen molar-refractivity contribution in [2.75, 3.05) is 32.8 Å². The molecule has 0 aliphatic heterocycles. The summed E-state index contributed by atoms with van der Waals surface area (Å²) in [5, 5.41) is 2.82. The number of nitrogens with one attached hydrogen (secondary N) is 1. The highest BCUT2D eigenvalue weighted by molar-refractivity contribution is 5.97. The number of nitrogens with two attached hydrogens (primary N) is 1. The van der Waals surface area contributed by atoms with Crippen molar-refractivity contribution < 1.29 is 19.0 Å². The topological polar surface area (TPSA) is 82.8 Å². The molecule has 0 fully saturated rings. The summed E-state index contributed by atoms with van der Waals surface area (Å²) in [4.78, 5) is 12.2. The van der Waals surface area contributed by atoms with Gasteiger partial charge in [0.25, 0.3) is 0 Å². The van der Waals surface area contributed by atoms with E-state index in [2.05, 4.69) is 5.32 Å². The molecular formula is C16H27ClN2O4. The second-order valence-electron chi connectivity index (χ2n) is 5.33. The number of amides is 1. The van der Waals surface area contributed by atoms with Gasteiger partial charge in [-0.1, -0.05) is 13.3 Å². The van der Waals surface area contributed by atoms with Crippen LogP contribution in [-0.2, 0) is 9.53 Å². The highest BCUT2D eigenvalue weighted by Gasteiger charge is 2.27. The first-order valence-corrected chi connectivity index (χ1v) is 7.34. The summed E-state index contributed by atoms with van der Waals surface area (Å²) in [6.07, 6.45) is 1.46. The summed E-state index contributed by atoms with van der Waals surface area (Å²) in [6.45, 7) is 4.59. The minimum absolute atomic E-state index is 0. The Kier molecular flexibility index (Phi) is 9.64. The Bertz CT molecular complexity index is 495. The molecule has 1 rings (SSSR count). The quantitative estimate of drug-likeness (QED) is 0.671. The molecular weight excluding hydrogens is 320 g/mol. The summed E-state index contributed by atoms with van der Waals surface area (Å²) < 4.78 is 15.8. The van der Waals surface area contributed by atoms with E-state index in [4.69, 9.17) is 19.9 Å². The van der Waals surface area contributed by atoms with Crippen LogP contribution in [0.1, 0.15) is 26.7 Å². The lowest BCUT2D eigenvalue weighted by molar-refractivity contribution is -0.120. The van der Waals surface area contributed by atoms with E-state index in [-0.39, 0.29) is 18.3 Å². The largest absolute Gasteiger partial charge is 0.493 e. The molecule has 1 atom stereocenters. The molecule has 0 aliphatic carbocycles. The second kappa shape index (κ2) is 10.3. The smallest absolute Gasteiger partial charge is 0.244 e. The highest BCUT2D eigenvalue weighted by Crippen LogP contribution is 2.30. The minimum atomic E-state index is -0.897. The molecule has 1 unspecified atom stereocenters. The fourth-order valence-corrected chi connectivity index (χ4v) is 2.01. The number of benzene rings is 1. The monoisotopic (exact) mass is 346 g/mol.